The lowest BCUT2D eigenvalue weighted by Gasteiger charge is -2.16. The molecule has 0 fully saturated rings. The van der Waals surface area contributed by atoms with E-state index in [9.17, 15) is 4.79 Å². The van der Waals surface area contributed by atoms with Crippen LogP contribution in [0.2, 0.25) is 5.02 Å². The van der Waals surface area contributed by atoms with E-state index >= 15 is 0 Å². The number of hydrogen-bond donors (Lipinski definition) is 0. The number of hydrogen-bond acceptors (Lipinski definition) is 3. The van der Waals surface area contributed by atoms with Gasteiger partial charge in [0.1, 0.15) is 6.29 Å². The summed E-state index contributed by atoms with van der Waals surface area (Å²) in [5, 5.41) is 0.398. The molecule has 0 radical (unpaired) electrons. The minimum Gasteiger partial charge on any atom is -0.449 e. The first-order valence-electron chi connectivity index (χ1n) is 4.18. The van der Waals surface area contributed by atoms with Crippen molar-refractivity contribution in [2.24, 2.45) is 0 Å². The first kappa shape index (κ1) is 9.34. The number of halogens is 1. The number of ether oxygens (including phenoxy) is 2. The van der Waals surface area contributed by atoms with Crippen molar-refractivity contribution in [3.05, 3.63) is 22.7 Å². The molecule has 2 rings (SSSR count). The Labute approximate surface area is 86.6 Å². The highest BCUT2D eigenvalue weighted by Gasteiger charge is 2.33. The van der Waals surface area contributed by atoms with Crippen LogP contribution >= 0.6 is 11.6 Å². The second-order valence-electron chi connectivity index (χ2n) is 3.55. The molecule has 0 aromatic heterocycles. The fraction of sp³-hybridized carbons (Fsp3) is 0.300. The zero-order chi connectivity index (χ0) is 10.3. The summed E-state index contributed by atoms with van der Waals surface area (Å²) in [6.45, 7) is 3.56. The van der Waals surface area contributed by atoms with Gasteiger partial charge in [-0.05, 0) is 12.1 Å². The third kappa shape index (κ3) is 1.44. The van der Waals surface area contributed by atoms with Gasteiger partial charge in [0.25, 0.3) is 0 Å². The molecule has 0 unspecified atom stereocenters. The molecule has 1 aromatic carbocycles. The van der Waals surface area contributed by atoms with Crippen LogP contribution < -0.4 is 9.47 Å². The van der Waals surface area contributed by atoms with E-state index in [0.717, 1.165) is 6.29 Å². The Balaban J connectivity index is 2.52. The molecule has 1 aliphatic rings. The van der Waals surface area contributed by atoms with E-state index in [1.807, 2.05) is 0 Å². The lowest BCUT2D eigenvalue weighted by Crippen LogP contribution is -2.29. The average Bonchev–Trinajstić information content (AvgIpc) is 2.40. The van der Waals surface area contributed by atoms with Crippen LogP contribution in [0, 0.1) is 0 Å². The van der Waals surface area contributed by atoms with Crippen LogP contribution in [-0.4, -0.2) is 12.1 Å². The maximum atomic E-state index is 10.6. The van der Waals surface area contributed by atoms with Gasteiger partial charge >= 0.3 is 0 Å². The van der Waals surface area contributed by atoms with Crippen LogP contribution in [0.25, 0.3) is 0 Å². The van der Waals surface area contributed by atoms with E-state index in [2.05, 4.69) is 0 Å². The summed E-state index contributed by atoms with van der Waals surface area (Å²) >= 11 is 5.92. The van der Waals surface area contributed by atoms with Gasteiger partial charge in [0.05, 0.1) is 5.02 Å². The van der Waals surface area contributed by atoms with Gasteiger partial charge in [-0.25, -0.2) is 0 Å². The molecular formula is C10H9ClO3. The van der Waals surface area contributed by atoms with E-state index in [-0.39, 0.29) is 0 Å². The lowest BCUT2D eigenvalue weighted by molar-refractivity contribution is -0.0431. The average molecular weight is 213 g/mol. The van der Waals surface area contributed by atoms with Gasteiger partial charge in [-0.3, -0.25) is 4.79 Å². The SMILES string of the molecule is CC1(C)Oc2cc(C=O)cc(Cl)c2O1. The Hall–Kier alpha value is -1.22. The first-order valence-corrected chi connectivity index (χ1v) is 4.56. The van der Waals surface area contributed by atoms with E-state index in [1.165, 1.54) is 0 Å². The van der Waals surface area contributed by atoms with E-state index in [0.29, 0.717) is 22.1 Å². The topological polar surface area (TPSA) is 35.5 Å². The minimum absolute atomic E-state index is 0.398. The largest absolute Gasteiger partial charge is 0.449 e. The number of aldehydes is 1. The molecule has 1 aromatic rings. The van der Waals surface area contributed by atoms with E-state index in [4.69, 9.17) is 21.1 Å². The summed E-state index contributed by atoms with van der Waals surface area (Å²) in [4.78, 5) is 10.6. The van der Waals surface area contributed by atoms with Crippen LogP contribution in [-0.2, 0) is 0 Å². The predicted octanol–water partition coefficient (Wildman–Crippen LogP) is 2.66. The molecule has 1 aliphatic heterocycles. The maximum Gasteiger partial charge on any atom is 0.246 e. The van der Waals surface area contributed by atoms with Crippen molar-refractivity contribution in [3.63, 3.8) is 0 Å². The Bertz CT molecular complexity index is 399. The number of carbonyl (C=O) groups excluding carboxylic acids is 1. The molecule has 0 aliphatic carbocycles. The monoisotopic (exact) mass is 212 g/mol. The standard InChI is InChI=1S/C10H9ClO3/c1-10(2)13-8-4-6(5-12)3-7(11)9(8)14-10/h3-5H,1-2H3. The summed E-state index contributed by atoms with van der Waals surface area (Å²) in [5.41, 5.74) is 0.482. The molecular weight excluding hydrogens is 204 g/mol. The number of rotatable bonds is 1. The molecule has 1 heterocycles. The molecule has 0 atom stereocenters. The van der Waals surface area contributed by atoms with Gasteiger partial charge in [-0.1, -0.05) is 11.6 Å². The van der Waals surface area contributed by atoms with Gasteiger partial charge in [0, 0.05) is 19.4 Å². The quantitative estimate of drug-likeness (QED) is 0.672. The normalized spacial score (nSPS) is 16.8. The molecule has 0 saturated carbocycles. The summed E-state index contributed by atoms with van der Waals surface area (Å²) < 4.78 is 10.9. The second-order valence-corrected chi connectivity index (χ2v) is 3.96. The smallest absolute Gasteiger partial charge is 0.246 e. The number of benzene rings is 1. The molecule has 0 bridgehead atoms. The van der Waals surface area contributed by atoms with Crippen molar-refractivity contribution in [2.45, 2.75) is 19.6 Å². The van der Waals surface area contributed by atoms with Crippen molar-refractivity contribution < 1.29 is 14.3 Å². The minimum atomic E-state index is -0.715. The Morgan fingerprint density at radius 2 is 2.07 bits per heavy atom. The zero-order valence-corrected chi connectivity index (χ0v) is 8.59. The lowest BCUT2D eigenvalue weighted by atomic mass is 10.2. The maximum absolute atomic E-state index is 10.6. The molecule has 0 saturated heterocycles. The van der Waals surface area contributed by atoms with Crippen molar-refractivity contribution in [1.29, 1.82) is 0 Å². The van der Waals surface area contributed by atoms with Crippen LogP contribution in [0.4, 0.5) is 0 Å². The summed E-state index contributed by atoms with van der Waals surface area (Å²) in [5.74, 6) is 0.305. The van der Waals surface area contributed by atoms with Crippen LogP contribution in [0.1, 0.15) is 24.2 Å². The fourth-order valence-corrected chi connectivity index (χ4v) is 1.62. The van der Waals surface area contributed by atoms with Gasteiger partial charge in [0.2, 0.25) is 5.79 Å². The highest BCUT2D eigenvalue weighted by atomic mass is 35.5. The van der Waals surface area contributed by atoms with E-state index in [1.54, 1.807) is 26.0 Å². The second kappa shape index (κ2) is 2.89. The molecule has 0 amide bonds. The van der Waals surface area contributed by atoms with Crippen LogP contribution in [0.3, 0.4) is 0 Å². The third-order valence-corrected chi connectivity index (χ3v) is 2.15. The Kier molecular flexibility index (Phi) is 1.93. The van der Waals surface area contributed by atoms with E-state index < -0.39 is 5.79 Å². The summed E-state index contributed by atoms with van der Waals surface area (Å²) in [7, 11) is 0. The van der Waals surface area contributed by atoms with Crippen LogP contribution in [0.15, 0.2) is 12.1 Å². The summed E-state index contributed by atoms with van der Waals surface area (Å²) in [6, 6.07) is 3.17. The molecule has 3 nitrogen and oxygen atoms in total. The first-order chi connectivity index (χ1) is 6.52. The number of carbonyl (C=O) groups is 1. The zero-order valence-electron chi connectivity index (χ0n) is 7.83. The number of fused-ring (bicyclic) bond motifs is 1. The molecule has 0 N–H and O–H groups in total. The third-order valence-electron chi connectivity index (χ3n) is 1.87. The van der Waals surface area contributed by atoms with Gasteiger partial charge in [-0.15, -0.1) is 0 Å². The van der Waals surface area contributed by atoms with Gasteiger partial charge in [0.15, 0.2) is 11.5 Å². The highest BCUT2D eigenvalue weighted by molar-refractivity contribution is 6.32. The van der Waals surface area contributed by atoms with Gasteiger partial charge < -0.3 is 9.47 Å². The summed E-state index contributed by atoms with van der Waals surface area (Å²) in [6.07, 6.45) is 0.723. The van der Waals surface area contributed by atoms with Crippen molar-refractivity contribution in [1.82, 2.24) is 0 Å². The Morgan fingerprint density at radius 3 is 2.71 bits per heavy atom. The predicted molar refractivity (Wildman–Crippen MR) is 52.2 cm³/mol. The Morgan fingerprint density at radius 1 is 1.36 bits per heavy atom. The van der Waals surface area contributed by atoms with Gasteiger partial charge in [-0.2, -0.15) is 0 Å². The highest BCUT2D eigenvalue weighted by Crippen LogP contribution is 2.44. The molecule has 74 valence electrons. The fourth-order valence-electron chi connectivity index (χ4n) is 1.36. The molecule has 4 heteroatoms. The van der Waals surface area contributed by atoms with Crippen molar-refractivity contribution >= 4 is 17.9 Å². The van der Waals surface area contributed by atoms with Crippen molar-refractivity contribution in [3.8, 4) is 11.5 Å². The van der Waals surface area contributed by atoms with Crippen LogP contribution in [0.5, 0.6) is 11.5 Å². The molecule has 14 heavy (non-hydrogen) atoms. The van der Waals surface area contributed by atoms with Crippen molar-refractivity contribution in [2.75, 3.05) is 0 Å². The molecule has 0 spiro atoms.